The van der Waals surface area contributed by atoms with Crippen LogP contribution in [0, 0.1) is 0 Å². The van der Waals surface area contributed by atoms with Crippen molar-refractivity contribution in [2.24, 2.45) is 5.73 Å². The van der Waals surface area contributed by atoms with Gasteiger partial charge in [0.1, 0.15) is 0 Å². The first-order chi connectivity index (χ1) is 13.0. The van der Waals surface area contributed by atoms with E-state index in [4.69, 9.17) is 15.2 Å². The second-order valence-electron chi connectivity index (χ2n) is 6.64. The number of benzene rings is 2. The maximum Gasteiger partial charge on any atom is 0.237 e. The van der Waals surface area contributed by atoms with Crippen molar-refractivity contribution in [3.05, 3.63) is 59.7 Å². The van der Waals surface area contributed by atoms with E-state index in [-0.39, 0.29) is 11.9 Å². The molecule has 1 amide bonds. The van der Waals surface area contributed by atoms with E-state index in [1.165, 1.54) is 0 Å². The molecule has 146 valence electrons. The van der Waals surface area contributed by atoms with Crippen LogP contribution in [-0.4, -0.2) is 25.7 Å². The first kappa shape index (κ1) is 20.8. The van der Waals surface area contributed by atoms with Crippen molar-refractivity contribution in [2.75, 3.05) is 13.7 Å². The van der Waals surface area contributed by atoms with Crippen LogP contribution in [0.4, 0.5) is 0 Å². The van der Waals surface area contributed by atoms with Gasteiger partial charge >= 0.3 is 0 Å². The molecular weight excluding hydrogens is 340 g/mol. The van der Waals surface area contributed by atoms with Gasteiger partial charge in [0.15, 0.2) is 11.5 Å². The largest absolute Gasteiger partial charge is 0.493 e. The highest BCUT2D eigenvalue weighted by molar-refractivity contribution is 5.82. The van der Waals surface area contributed by atoms with Gasteiger partial charge in [0.2, 0.25) is 5.91 Å². The van der Waals surface area contributed by atoms with Gasteiger partial charge in [-0.05, 0) is 43.0 Å². The van der Waals surface area contributed by atoms with Gasteiger partial charge in [-0.1, -0.05) is 49.7 Å². The molecule has 3 N–H and O–H groups in total. The van der Waals surface area contributed by atoms with Crippen LogP contribution in [0.15, 0.2) is 48.5 Å². The fourth-order valence-electron chi connectivity index (χ4n) is 2.76. The van der Waals surface area contributed by atoms with Crippen LogP contribution < -0.4 is 20.5 Å². The number of hydrogen-bond donors (Lipinski definition) is 2. The Labute approximate surface area is 161 Å². The lowest BCUT2D eigenvalue weighted by molar-refractivity contribution is -0.123. The summed E-state index contributed by atoms with van der Waals surface area (Å²) in [4.78, 5) is 12.4. The lowest BCUT2D eigenvalue weighted by Crippen LogP contribution is -2.42. The minimum atomic E-state index is -0.589. The first-order valence-electron chi connectivity index (χ1n) is 9.45. The lowest BCUT2D eigenvalue weighted by atomic mass is 10.0. The molecule has 0 radical (unpaired) electrons. The van der Waals surface area contributed by atoms with Gasteiger partial charge in [-0.25, -0.2) is 0 Å². The van der Waals surface area contributed by atoms with Crippen molar-refractivity contribution in [1.82, 2.24) is 5.32 Å². The van der Waals surface area contributed by atoms with Crippen molar-refractivity contribution in [2.45, 2.75) is 45.2 Å². The number of nitrogens with one attached hydrogen (secondary N) is 1. The summed E-state index contributed by atoms with van der Waals surface area (Å²) in [5, 5.41) is 2.98. The van der Waals surface area contributed by atoms with E-state index in [9.17, 15) is 4.79 Å². The molecule has 2 aromatic rings. The minimum absolute atomic E-state index is 0.173. The second-order valence-corrected chi connectivity index (χ2v) is 6.64. The van der Waals surface area contributed by atoms with Crippen LogP contribution >= 0.6 is 0 Å². The molecule has 27 heavy (non-hydrogen) atoms. The molecule has 0 bridgehead atoms. The van der Waals surface area contributed by atoms with Crippen molar-refractivity contribution in [1.29, 1.82) is 0 Å². The highest BCUT2D eigenvalue weighted by Crippen LogP contribution is 2.30. The Kier molecular flexibility index (Phi) is 8.14. The standard InChI is InChI=1S/C22H30N2O3/c1-4-5-13-27-20-12-11-18(15-21(20)26-3)16(2)24-22(25)19(23)14-17-9-7-6-8-10-17/h6-12,15-16,19H,4-5,13-14,23H2,1-3H3,(H,24,25)/t16?,19-/m0/s1. The van der Waals surface area contributed by atoms with Crippen LogP contribution in [0.5, 0.6) is 11.5 Å². The molecule has 0 saturated carbocycles. The molecule has 5 heteroatoms. The highest BCUT2D eigenvalue weighted by atomic mass is 16.5. The smallest absolute Gasteiger partial charge is 0.237 e. The summed E-state index contributed by atoms with van der Waals surface area (Å²) in [5.41, 5.74) is 8.05. The third-order valence-corrected chi connectivity index (χ3v) is 4.44. The van der Waals surface area contributed by atoms with Gasteiger partial charge in [-0.2, -0.15) is 0 Å². The topological polar surface area (TPSA) is 73.6 Å². The molecule has 0 fully saturated rings. The maximum atomic E-state index is 12.4. The van der Waals surface area contributed by atoms with Crippen molar-refractivity contribution in [3.63, 3.8) is 0 Å². The van der Waals surface area contributed by atoms with Crippen molar-refractivity contribution >= 4 is 5.91 Å². The average molecular weight is 370 g/mol. The monoisotopic (exact) mass is 370 g/mol. The van der Waals surface area contributed by atoms with Crippen LogP contribution in [0.3, 0.4) is 0 Å². The van der Waals surface area contributed by atoms with E-state index < -0.39 is 6.04 Å². The molecular formula is C22H30N2O3. The van der Waals surface area contributed by atoms with Gasteiger partial charge < -0.3 is 20.5 Å². The molecule has 0 saturated heterocycles. The van der Waals surface area contributed by atoms with E-state index in [0.29, 0.717) is 24.5 Å². The number of carbonyl (C=O) groups is 1. The summed E-state index contributed by atoms with van der Waals surface area (Å²) in [7, 11) is 1.62. The third kappa shape index (κ3) is 6.29. The zero-order chi connectivity index (χ0) is 19.6. The normalized spacial score (nSPS) is 12.9. The van der Waals surface area contributed by atoms with E-state index in [0.717, 1.165) is 24.0 Å². The molecule has 5 nitrogen and oxygen atoms in total. The predicted molar refractivity (Wildman–Crippen MR) is 108 cm³/mol. The fraction of sp³-hybridized carbons (Fsp3) is 0.409. The number of carbonyl (C=O) groups excluding carboxylic acids is 1. The molecule has 0 aliphatic carbocycles. The van der Waals surface area contributed by atoms with Crippen molar-refractivity contribution < 1.29 is 14.3 Å². The van der Waals surface area contributed by atoms with E-state index in [1.54, 1.807) is 7.11 Å². The van der Waals surface area contributed by atoms with Gasteiger partial charge in [0, 0.05) is 0 Å². The van der Waals surface area contributed by atoms with Gasteiger partial charge in [0.25, 0.3) is 0 Å². The summed E-state index contributed by atoms with van der Waals surface area (Å²) < 4.78 is 11.2. The number of amides is 1. The van der Waals surface area contributed by atoms with E-state index in [1.807, 2.05) is 55.5 Å². The Morgan fingerprint density at radius 1 is 1.15 bits per heavy atom. The highest BCUT2D eigenvalue weighted by Gasteiger charge is 2.18. The summed E-state index contributed by atoms with van der Waals surface area (Å²) >= 11 is 0. The summed E-state index contributed by atoms with van der Waals surface area (Å²) in [6.45, 7) is 4.71. The Morgan fingerprint density at radius 2 is 1.89 bits per heavy atom. The Bertz CT molecular complexity index is 719. The molecule has 2 aromatic carbocycles. The van der Waals surface area contributed by atoms with Crippen LogP contribution in [-0.2, 0) is 11.2 Å². The molecule has 0 aliphatic rings. The molecule has 0 aliphatic heterocycles. The zero-order valence-electron chi connectivity index (χ0n) is 16.4. The van der Waals surface area contributed by atoms with E-state index in [2.05, 4.69) is 12.2 Å². The lowest BCUT2D eigenvalue weighted by Gasteiger charge is -2.19. The first-order valence-corrected chi connectivity index (χ1v) is 9.45. The molecule has 0 aromatic heterocycles. The van der Waals surface area contributed by atoms with Crippen LogP contribution in [0.1, 0.15) is 43.9 Å². The van der Waals surface area contributed by atoms with Gasteiger partial charge in [-0.15, -0.1) is 0 Å². The Balaban J connectivity index is 1.97. The second kappa shape index (κ2) is 10.6. The summed E-state index contributed by atoms with van der Waals surface area (Å²) in [5.74, 6) is 1.21. The van der Waals surface area contributed by atoms with Crippen LogP contribution in [0.2, 0.25) is 0 Å². The number of rotatable bonds is 10. The average Bonchev–Trinajstić information content (AvgIpc) is 2.69. The Hall–Kier alpha value is -2.53. The van der Waals surface area contributed by atoms with Gasteiger partial charge in [-0.3, -0.25) is 4.79 Å². The Morgan fingerprint density at radius 3 is 2.56 bits per heavy atom. The van der Waals surface area contributed by atoms with E-state index >= 15 is 0 Å². The van der Waals surface area contributed by atoms with Crippen molar-refractivity contribution in [3.8, 4) is 11.5 Å². The summed E-state index contributed by atoms with van der Waals surface area (Å²) in [6, 6.07) is 14.7. The third-order valence-electron chi connectivity index (χ3n) is 4.44. The molecule has 2 rings (SSSR count). The summed E-state index contributed by atoms with van der Waals surface area (Å²) in [6.07, 6.45) is 2.58. The number of hydrogen-bond acceptors (Lipinski definition) is 4. The maximum absolute atomic E-state index is 12.4. The van der Waals surface area contributed by atoms with Crippen LogP contribution in [0.25, 0.3) is 0 Å². The number of unbranched alkanes of at least 4 members (excludes halogenated alkanes) is 1. The SMILES string of the molecule is CCCCOc1ccc(C(C)NC(=O)[C@@H](N)Cc2ccccc2)cc1OC. The number of nitrogens with two attached hydrogens (primary N) is 1. The predicted octanol–water partition coefficient (Wildman–Crippen LogP) is 3.62. The zero-order valence-corrected chi connectivity index (χ0v) is 16.4. The molecule has 2 atom stereocenters. The quantitative estimate of drug-likeness (QED) is 0.627. The minimum Gasteiger partial charge on any atom is -0.493 e. The molecule has 0 heterocycles. The molecule has 1 unspecified atom stereocenters. The molecule has 0 spiro atoms. The number of ether oxygens (including phenoxy) is 2. The van der Waals surface area contributed by atoms with Gasteiger partial charge in [0.05, 0.1) is 25.8 Å². The number of methoxy groups -OCH3 is 1. The fourth-order valence-corrected chi connectivity index (χ4v) is 2.76.